The predicted octanol–water partition coefficient (Wildman–Crippen LogP) is 3.99. The van der Waals surface area contributed by atoms with Crippen molar-refractivity contribution < 1.29 is 9.53 Å². The number of thioether (sulfide) groups is 1. The third-order valence-electron chi connectivity index (χ3n) is 3.60. The summed E-state index contributed by atoms with van der Waals surface area (Å²) in [5, 5.41) is 3.28. The zero-order valence-corrected chi connectivity index (χ0v) is 17.4. The molecular formula is C18H15BrClN3O3S. The van der Waals surface area contributed by atoms with Crippen molar-refractivity contribution in [2.45, 2.75) is 5.75 Å². The predicted molar refractivity (Wildman–Crippen MR) is 112 cm³/mol. The van der Waals surface area contributed by atoms with Gasteiger partial charge in [-0.3, -0.25) is 14.0 Å². The van der Waals surface area contributed by atoms with E-state index in [1.165, 1.54) is 29.3 Å². The molecule has 27 heavy (non-hydrogen) atoms. The number of fused-ring (bicyclic) bond motifs is 1. The molecule has 0 unspecified atom stereocenters. The summed E-state index contributed by atoms with van der Waals surface area (Å²) in [5.41, 5.74) is 1.54. The number of nitrogens with one attached hydrogen (secondary N) is 1. The lowest BCUT2D eigenvalue weighted by atomic mass is 10.3. The first kappa shape index (κ1) is 19.7. The highest BCUT2D eigenvalue weighted by molar-refractivity contribution is 9.10. The van der Waals surface area contributed by atoms with Gasteiger partial charge in [0.15, 0.2) is 0 Å². The molecule has 3 rings (SSSR count). The van der Waals surface area contributed by atoms with Crippen LogP contribution < -0.4 is 15.6 Å². The molecule has 140 valence electrons. The van der Waals surface area contributed by atoms with E-state index in [-0.39, 0.29) is 17.2 Å². The summed E-state index contributed by atoms with van der Waals surface area (Å²) in [6.45, 7) is 0. The van der Waals surface area contributed by atoms with E-state index in [0.717, 1.165) is 4.47 Å². The molecule has 0 aliphatic carbocycles. The Bertz CT molecular complexity index is 1060. The highest BCUT2D eigenvalue weighted by Gasteiger charge is 2.09. The molecule has 9 heteroatoms. The van der Waals surface area contributed by atoms with Crippen LogP contribution in [-0.4, -0.2) is 28.2 Å². The van der Waals surface area contributed by atoms with Crippen LogP contribution in [-0.2, 0) is 10.5 Å². The average Bonchev–Trinajstić information content (AvgIpc) is 2.62. The van der Waals surface area contributed by atoms with Crippen molar-refractivity contribution in [3.63, 3.8) is 0 Å². The third kappa shape index (κ3) is 5.03. The van der Waals surface area contributed by atoms with Gasteiger partial charge < -0.3 is 10.1 Å². The molecule has 0 fully saturated rings. The molecule has 0 bridgehead atoms. The third-order valence-corrected chi connectivity index (χ3v) is 5.27. The molecule has 6 nitrogen and oxygen atoms in total. The van der Waals surface area contributed by atoms with Crippen molar-refractivity contribution in [2.75, 3.05) is 18.2 Å². The number of carbonyl (C=O) groups is 1. The number of aromatic nitrogens is 2. The highest BCUT2D eigenvalue weighted by Crippen LogP contribution is 2.27. The number of hydrogen-bond donors (Lipinski definition) is 1. The first-order valence-electron chi connectivity index (χ1n) is 7.85. The lowest BCUT2D eigenvalue weighted by molar-refractivity contribution is -0.113. The number of benzene rings is 1. The largest absolute Gasteiger partial charge is 0.495 e. The number of pyridine rings is 1. The Kier molecular flexibility index (Phi) is 6.41. The minimum absolute atomic E-state index is 0.162. The van der Waals surface area contributed by atoms with E-state index in [9.17, 15) is 9.59 Å². The maximum Gasteiger partial charge on any atom is 0.258 e. The second-order valence-corrected chi connectivity index (χ2v) is 7.88. The fourth-order valence-electron chi connectivity index (χ4n) is 2.41. The van der Waals surface area contributed by atoms with Crippen LogP contribution in [0.1, 0.15) is 5.69 Å². The Morgan fingerprint density at radius 1 is 1.33 bits per heavy atom. The number of amides is 1. The molecule has 2 heterocycles. The molecule has 1 N–H and O–H groups in total. The number of carbonyl (C=O) groups excluding carboxylic acids is 1. The van der Waals surface area contributed by atoms with Gasteiger partial charge in [-0.2, -0.15) is 0 Å². The Balaban J connectivity index is 1.62. The summed E-state index contributed by atoms with van der Waals surface area (Å²) in [6, 6.07) is 10.1. The zero-order valence-electron chi connectivity index (χ0n) is 14.2. The quantitative estimate of drug-likeness (QED) is 0.592. The van der Waals surface area contributed by atoms with E-state index in [1.54, 1.807) is 30.5 Å². The van der Waals surface area contributed by atoms with E-state index >= 15 is 0 Å². The molecule has 3 aromatic rings. The number of halogens is 2. The van der Waals surface area contributed by atoms with Gasteiger partial charge in [-0.15, -0.1) is 11.8 Å². The first-order valence-corrected chi connectivity index (χ1v) is 10.2. The summed E-state index contributed by atoms with van der Waals surface area (Å²) >= 11 is 10.7. The Morgan fingerprint density at radius 2 is 2.15 bits per heavy atom. The smallest absolute Gasteiger partial charge is 0.258 e. The number of methoxy groups -OCH3 is 1. The topological polar surface area (TPSA) is 72.7 Å². The van der Waals surface area contributed by atoms with E-state index in [2.05, 4.69) is 26.2 Å². The van der Waals surface area contributed by atoms with Crippen LogP contribution in [0.4, 0.5) is 5.69 Å². The summed E-state index contributed by atoms with van der Waals surface area (Å²) in [6.07, 6.45) is 1.67. The SMILES string of the molecule is COc1ccc(Cl)cc1NC(=O)CSCc1cc(=O)n2cc(Br)ccc2n1. The first-order chi connectivity index (χ1) is 13.0. The van der Waals surface area contributed by atoms with Crippen LogP contribution in [0.3, 0.4) is 0 Å². The van der Waals surface area contributed by atoms with Gasteiger partial charge in [0.25, 0.3) is 5.56 Å². The fraction of sp³-hybridized carbons (Fsp3) is 0.167. The second kappa shape index (κ2) is 8.77. The summed E-state index contributed by atoms with van der Waals surface area (Å²) in [4.78, 5) is 28.8. The van der Waals surface area contributed by atoms with Gasteiger partial charge in [0.1, 0.15) is 11.4 Å². The number of nitrogens with zero attached hydrogens (tertiary/aromatic N) is 2. The summed E-state index contributed by atoms with van der Waals surface area (Å²) < 4.78 is 7.48. The second-order valence-electron chi connectivity index (χ2n) is 5.55. The van der Waals surface area contributed by atoms with Gasteiger partial charge in [-0.05, 0) is 46.3 Å². The Morgan fingerprint density at radius 3 is 2.93 bits per heavy atom. The number of hydrogen-bond acceptors (Lipinski definition) is 5. The minimum Gasteiger partial charge on any atom is -0.495 e. The Labute approximate surface area is 173 Å². The zero-order chi connectivity index (χ0) is 19.4. The molecule has 0 saturated heterocycles. The van der Waals surface area contributed by atoms with E-state index in [1.807, 2.05) is 6.07 Å². The summed E-state index contributed by atoms with van der Waals surface area (Å²) in [7, 11) is 1.52. The van der Waals surface area contributed by atoms with Gasteiger partial charge in [-0.1, -0.05) is 11.6 Å². The van der Waals surface area contributed by atoms with Gasteiger partial charge >= 0.3 is 0 Å². The summed E-state index contributed by atoms with van der Waals surface area (Å²) in [5.74, 6) is 0.994. The average molecular weight is 469 g/mol. The van der Waals surface area contributed by atoms with Gasteiger partial charge in [0.2, 0.25) is 5.91 Å². The van der Waals surface area contributed by atoms with Crippen molar-refractivity contribution in [1.82, 2.24) is 9.38 Å². The van der Waals surface area contributed by atoms with Crippen LogP contribution in [0.15, 0.2) is 51.9 Å². The van der Waals surface area contributed by atoms with Gasteiger partial charge in [0.05, 0.1) is 24.2 Å². The monoisotopic (exact) mass is 467 g/mol. The molecule has 1 amide bonds. The van der Waals surface area contributed by atoms with Gasteiger partial charge in [0, 0.05) is 27.5 Å². The van der Waals surface area contributed by atoms with Crippen molar-refractivity contribution in [2.24, 2.45) is 0 Å². The number of ether oxygens (including phenoxy) is 1. The normalized spacial score (nSPS) is 10.8. The van der Waals surface area contributed by atoms with Crippen molar-refractivity contribution in [3.05, 3.63) is 68.1 Å². The van der Waals surface area contributed by atoms with E-state index in [4.69, 9.17) is 16.3 Å². The van der Waals surface area contributed by atoms with Crippen LogP contribution >= 0.6 is 39.3 Å². The van der Waals surface area contributed by atoms with E-state index < -0.39 is 0 Å². The molecule has 0 spiro atoms. The molecule has 0 aliphatic rings. The van der Waals surface area contributed by atoms with Crippen LogP contribution in [0.25, 0.3) is 5.65 Å². The lowest BCUT2D eigenvalue weighted by Gasteiger charge is -2.10. The molecule has 0 atom stereocenters. The van der Waals surface area contributed by atoms with Crippen LogP contribution in [0.2, 0.25) is 5.02 Å². The lowest BCUT2D eigenvalue weighted by Crippen LogP contribution is -2.16. The van der Waals surface area contributed by atoms with E-state index in [0.29, 0.717) is 33.6 Å². The standard InChI is InChI=1S/C18H15BrClN3O3S/c1-26-15-4-3-12(20)6-14(15)22-17(24)10-27-9-13-7-18(25)23-8-11(19)2-5-16(23)21-13/h2-8H,9-10H2,1H3,(H,22,24). The van der Waals surface area contributed by atoms with Crippen molar-refractivity contribution >= 4 is 56.5 Å². The fourth-order valence-corrected chi connectivity index (χ4v) is 3.64. The van der Waals surface area contributed by atoms with Crippen LogP contribution in [0, 0.1) is 0 Å². The number of anilines is 1. The minimum atomic E-state index is -0.193. The molecule has 1 aromatic carbocycles. The molecule has 0 radical (unpaired) electrons. The maximum absolute atomic E-state index is 12.2. The molecule has 0 saturated carbocycles. The molecule has 2 aromatic heterocycles. The highest BCUT2D eigenvalue weighted by atomic mass is 79.9. The maximum atomic E-state index is 12.2. The van der Waals surface area contributed by atoms with Crippen molar-refractivity contribution in [1.29, 1.82) is 0 Å². The van der Waals surface area contributed by atoms with Crippen molar-refractivity contribution in [3.8, 4) is 5.75 Å². The van der Waals surface area contributed by atoms with Crippen LogP contribution in [0.5, 0.6) is 5.75 Å². The van der Waals surface area contributed by atoms with Gasteiger partial charge in [-0.25, -0.2) is 4.98 Å². The molecular weight excluding hydrogens is 454 g/mol. The Hall–Kier alpha value is -2.03. The number of rotatable bonds is 6. The molecule has 0 aliphatic heterocycles.